The van der Waals surface area contributed by atoms with E-state index in [2.05, 4.69) is 6.08 Å². The maximum Gasteiger partial charge on any atom is 0.134 e. The van der Waals surface area contributed by atoms with Crippen LogP contribution in [0.25, 0.3) is 11.0 Å². The fraction of sp³-hybridized carbons (Fsp3) is 0.375. The molecule has 2 nitrogen and oxygen atoms in total. The van der Waals surface area contributed by atoms with Gasteiger partial charge in [-0.25, -0.2) is 4.39 Å². The largest absolute Gasteiger partial charge is 0.458 e. The third-order valence-electron chi connectivity index (χ3n) is 3.67. The minimum atomic E-state index is -0.639. The van der Waals surface area contributed by atoms with Gasteiger partial charge in [0.25, 0.3) is 0 Å². The van der Waals surface area contributed by atoms with Crippen LogP contribution in [0.4, 0.5) is 4.39 Å². The molecule has 0 fully saturated rings. The summed E-state index contributed by atoms with van der Waals surface area (Å²) >= 11 is 0. The Morgan fingerprint density at radius 2 is 2.16 bits per heavy atom. The highest BCUT2D eigenvalue weighted by molar-refractivity contribution is 5.77. The molecule has 0 saturated heterocycles. The van der Waals surface area contributed by atoms with E-state index in [0.717, 1.165) is 12.8 Å². The quantitative estimate of drug-likeness (QED) is 0.824. The predicted molar refractivity (Wildman–Crippen MR) is 72.3 cm³/mol. The molecule has 1 aromatic heterocycles. The number of rotatable bonds is 3. The Balaban J connectivity index is 1.80. The fourth-order valence-electron chi connectivity index (χ4n) is 2.64. The van der Waals surface area contributed by atoms with E-state index in [-0.39, 0.29) is 5.82 Å². The van der Waals surface area contributed by atoms with Gasteiger partial charge in [-0.2, -0.15) is 0 Å². The van der Waals surface area contributed by atoms with Crippen LogP contribution in [0.2, 0.25) is 0 Å². The molecule has 2 aromatic rings. The van der Waals surface area contributed by atoms with Gasteiger partial charge in [0.2, 0.25) is 0 Å². The number of hydrogen-bond acceptors (Lipinski definition) is 2. The van der Waals surface area contributed by atoms with Crippen molar-refractivity contribution in [1.29, 1.82) is 0 Å². The third-order valence-corrected chi connectivity index (χ3v) is 3.67. The molecule has 1 unspecified atom stereocenters. The molecule has 0 amide bonds. The minimum absolute atomic E-state index is 0.288. The first-order valence-electron chi connectivity index (χ1n) is 6.77. The van der Waals surface area contributed by atoms with Gasteiger partial charge in [-0.05, 0) is 49.9 Å². The Morgan fingerprint density at radius 3 is 2.95 bits per heavy atom. The summed E-state index contributed by atoms with van der Waals surface area (Å²) in [7, 11) is 0. The minimum Gasteiger partial charge on any atom is -0.458 e. The predicted octanol–water partition coefficient (Wildman–Crippen LogP) is 4.50. The molecule has 1 aromatic carbocycles. The molecule has 1 aliphatic carbocycles. The first kappa shape index (κ1) is 12.4. The van der Waals surface area contributed by atoms with E-state index in [4.69, 9.17) is 4.42 Å². The average molecular weight is 260 g/mol. The van der Waals surface area contributed by atoms with E-state index < -0.39 is 6.10 Å². The van der Waals surface area contributed by atoms with Gasteiger partial charge in [0, 0.05) is 11.8 Å². The van der Waals surface area contributed by atoms with Crippen molar-refractivity contribution in [2.45, 2.75) is 38.2 Å². The second-order valence-corrected chi connectivity index (χ2v) is 5.16. The van der Waals surface area contributed by atoms with Gasteiger partial charge >= 0.3 is 0 Å². The van der Waals surface area contributed by atoms with Crippen molar-refractivity contribution in [3.8, 4) is 0 Å². The summed E-state index contributed by atoms with van der Waals surface area (Å²) in [5, 5.41) is 10.9. The van der Waals surface area contributed by atoms with Crippen LogP contribution in [0.15, 0.2) is 40.3 Å². The van der Waals surface area contributed by atoms with Crippen molar-refractivity contribution in [2.75, 3.05) is 0 Å². The summed E-state index contributed by atoms with van der Waals surface area (Å²) < 4.78 is 18.7. The summed E-state index contributed by atoms with van der Waals surface area (Å²) in [6, 6.07) is 6.12. The standard InChI is InChI=1S/C16H17FO2/c17-13-6-7-15-12(9-13)10-16(19-15)14(18)8-11-4-2-1-3-5-11/h4,6-7,9-10,14,18H,1-3,5,8H2. The van der Waals surface area contributed by atoms with Crippen molar-refractivity contribution < 1.29 is 13.9 Å². The molecule has 1 aliphatic rings. The van der Waals surface area contributed by atoms with Gasteiger partial charge in [0.15, 0.2) is 0 Å². The first-order chi connectivity index (χ1) is 9.22. The fourth-order valence-corrected chi connectivity index (χ4v) is 2.64. The molecule has 1 N–H and O–H groups in total. The molecule has 100 valence electrons. The highest BCUT2D eigenvalue weighted by atomic mass is 19.1. The highest BCUT2D eigenvalue weighted by Crippen LogP contribution is 2.31. The number of benzene rings is 1. The zero-order valence-electron chi connectivity index (χ0n) is 10.7. The number of allylic oxidation sites excluding steroid dienone is 1. The van der Waals surface area contributed by atoms with Gasteiger partial charge in [-0.1, -0.05) is 11.6 Å². The van der Waals surface area contributed by atoms with Crippen molar-refractivity contribution >= 4 is 11.0 Å². The molecule has 19 heavy (non-hydrogen) atoms. The van der Waals surface area contributed by atoms with E-state index >= 15 is 0 Å². The lowest BCUT2D eigenvalue weighted by Crippen LogP contribution is -2.00. The molecule has 0 aliphatic heterocycles. The Bertz CT molecular complexity index is 612. The summed E-state index contributed by atoms with van der Waals surface area (Å²) in [6.45, 7) is 0. The van der Waals surface area contributed by atoms with Crippen molar-refractivity contribution in [1.82, 2.24) is 0 Å². The van der Waals surface area contributed by atoms with Crippen molar-refractivity contribution in [3.63, 3.8) is 0 Å². The first-order valence-corrected chi connectivity index (χ1v) is 6.77. The summed E-state index contributed by atoms with van der Waals surface area (Å²) in [5.74, 6) is 0.233. The van der Waals surface area contributed by atoms with Crippen molar-refractivity contribution in [2.24, 2.45) is 0 Å². The summed E-state index contributed by atoms with van der Waals surface area (Å²) in [4.78, 5) is 0. The number of aliphatic hydroxyl groups is 1. The van der Waals surface area contributed by atoms with E-state index in [1.807, 2.05) is 0 Å². The molecule has 1 atom stereocenters. The molecule has 0 saturated carbocycles. The Kier molecular flexibility index (Phi) is 3.38. The Morgan fingerprint density at radius 1 is 1.26 bits per heavy atom. The number of furan rings is 1. The Labute approximate surface area is 111 Å². The van der Waals surface area contributed by atoms with Crippen molar-refractivity contribution in [3.05, 3.63) is 47.5 Å². The van der Waals surface area contributed by atoms with Crippen LogP contribution >= 0.6 is 0 Å². The van der Waals surface area contributed by atoms with E-state index in [9.17, 15) is 9.50 Å². The van der Waals surface area contributed by atoms with Crippen LogP contribution in [0.1, 0.15) is 44.0 Å². The normalized spacial score (nSPS) is 17.5. The van der Waals surface area contributed by atoms with Gasteiger partial charge in [0.05, 0.1) is 0 Å². The molecule has 3 heteroatoms. The van der Waals surface area contributed by atoms with E-state index in [1.165, 1.54) is 30.5 Å². The summed E-state index contributed by atoms with van der Waals surface area (Å²) in [5.41, 5.74) is 1.92. The Hall–Kier alpha value is -1.61. The van der Waals surface area contributed by atoms with E-state index in [0.29, 0.717) is 23.2 Å². The second kappa shape index (κ2) is 5.17. The van der Waals surface area contributed by atoms with E-state index in [1.54, 1.807) is 12.1 Å². The molecule has 0 bridgehead atoms. The van der Waals surface area contributed by atoms with Crippen LogP contribution < -0.4 is 0 Å². The molecule has 0 radical (unpaired) electrons. The second-order valence-electron chi connectivity index (χ2n) is 5.16. The lowest BCUT2D eigenvalue weighted by molar-refractivity contribution is 0.151. The number of fused-ring (bicyclic) bond motifs is 1. The van der Waals surface area contributed by atoms with Gasteiger partial charge in [-0.3, -0.25) is 0 Å². The lowest BCUT2D eigenvalue weighted by Gasteiger charge is -2.15. The molecular formula is C16H17FO2. The summed E-state index contributed by atoms with van der Waals surface area (Å²) in [6.07, 6.45) is 6.80. The lowest BCUT2D eigenvalue weighted by atomic mass is 9.94. The van der Waals surface area contributed by atoms with Gasteiger partial charge < -0.3 is 9.52 Å². The molecule has 3 rings (SSSR count). The zero-order chi connectivity index (χ0) is 13.2. The molecule has 1 heterocycles. The molecular weight excluding hydrogens is 243 g/mol. The highest BCUT2D eigenvalue weighted by Gasteiger charge is 2.16. The molecule has 0 spiro atoms. The average Bonchev–Trinajstić information content (AvgIpc) is 2.83. The topological polar surface area (TPSA) is 33.4 Å². The maximum atomic E-state index is 13.1. The van der Waals surface area contributed by atoms with Crippen LogP contribution in [-0.4, -0.2) is 5.11 Å². The maximum absolute atomic E-state index is 13.1. The van der Waals surface area contributed by atoms with Crippen LogP contribution in [0.3, 0.4) is 0 Å². The van der Waals surface area contributed by atoms with Gasteiger partial charge in [0.1, 0.15) is 23.3 Å². The SMILES string of the molecule is OC(CC1=CCCCC1)c1cc2cc(F)ccc2o1. The van der Waals surface area contributed by atoms with Crippen LogP contribution in [-0.2, 0) is 0 Å². The number of halogens is 1. The van der Waals surface area contributed by atoms with Crippen LogP contribution in [0.5, 0.6) is 0 Å². The van der Waals surface area contributed by atoms with Gasteiger partial charge in [-0.15, -0.1) is 0 Å². The smallest absolute Gasteiger partial charge is 0.134 e. The number of aliphatic hydroxyl groups excluding tert-OH is 1. The number of hydrogen-bond donors (Lipinski definition) is 1. The zero-order valence-corrected chi connectivity index (χ0v) is 10.7. The van der Waals surface area contributed by atoms with Crippen LogP contribution in [0, 0.1) is 5.82 Å². The third kappa shape index (κ3) is 2.71. The monoisotopic (exact) mass is 260 g/mol.